The topological polar surface area (TPSA) is 108 Å². The number of amides is 1. The van der Waals surface area contributed by atoms with Crippen LogP contribution in [0.25, 0.3) is 0 Å². The Balaban J connectivity index is 4.28. The Labute approximate surface area is 414 Å². The highest BCUT2D eigenvalue weighted by Crippen LogP contribution is 2.38. The van der Waals surface area contributed by atoms with Crippen molar-refractivity contribution < 1.29 is 32.9 Å². The van der Waals surface area contributed by atoms with Crippen molar-refractivity contribution in [2.45, 2.75) is 251 Å². The third-order valence-electron chi connectivity index (χ3n) is 12.2. The molecule has 0 aromatic rings. The summed E-state index contributed by atoms with van der Waals surface area (Å²) in [6.45, 7) is 4.59. The minimum atomic E-state index is -4.59. The molecule has 3 unspecified atom stereocenters. The molecule has 0 aromatic carbocycles. The van der Waals surface area contributed by atoms with Gasteiger partial charge < -0.3 is 28.8 Å². The molecular weight excluding hydrogens is 852 g/mol. The van der Waals surface area contributed by atoms with Gasteiger partial charge in [-0.3, -0.25) is 9.36 Å². The van der Waals surface area contributed by atoms with Gasteiger partial charge in [0.2, 0.25) is 5.91 Å². The average molecular weight is 959 g/mol. The SMILES string of the molecule is CC/C=C\C/C=C\C/C=C\C/C=C\C/C=C\C/C=C\CCCCC(=O)NC(COP(=O)([O-])OCC[N+](C)(C)C)C(O)CCCCCCCCCCCCCCCCCCCCCCCCCC. The predicted molar refractivity (Wildman–Crippen MR) is 288 cm³/mol. The highest BCUT2D eigenvalue weighted by Gasteiger charge is 2.24. The number of quaternary nitrogens is 1. The van der Waals surface area contributed by atoms with Crippen molar-refractivity contribution in [2.75, 3.05) is 40.9 Å². The zero-order valence-electron chi connectivity index (χ0n) is 44.3. The Kier molecular flexibility index (Phi) is 47.4. The minimum absolute atomic E-state index is 0.000158. The number of hydrogen-bond donors (Lipinski definition) is 2. The number of nitrogens with one attached hydrogen (secondary N) is 1. The van der Waals surface area contributed by atoms with Gasteiger partial charge in [-0.25, -0.2) is 0 Å². The number of hydrogen-bond acceptors (Lipinski definition) is 6. The number of likely N-dealkylation sites (N-methyl/N-ethyl adjacent to an activating group) is 1. The number of nitrogens with zero attached hydrogens (tertiary/aromatic N) is 1. The summed E-state index contributed by atoms with van der Waals surface area (Å²) in [5, 5.41) is 14.0. The zero-order chi connectivity index (χ0) is 49.2. The van der Waals surface area contributed by atoms with Crippen LogP contribution >= 0.6 is 7.82 Å². The van der Waals surface area contributed by atoms with Crippen molar-refractivity contribution >= 4 is 13.7 Å². The van der Waals surface area contributed by atoms with E-state index < -0.39 is 20.0 Å². The van der Waals surface area contributed by atoms with Crippen LogP contribution in [0.1, 0.15) is 239 Å². The maximum atomic E-state index is 12.9. The molecule has 1 amide bonds. The lowest BCUT2D eigenvalue weighted by Gasteiger charge is -2.30. The molecule has 0 aromatic heterocycles. The van der Waals surface area contributed by atoms with Crippen LogP contribution in [0.2, 0.25) is 0 Å². The summed E-state index contributed by atoms with van der Waals surface area (Å²) in [4.78, 5) is 25.5. The molecule has 0 rings (SSSR count). The monoisotopic (exact) mass is 959 g/mol. The fourth-order valence-electron chi connectivity index (χ4n) is 7.87. The standard InChI is InChI=1S/C58H107N2O6P/c1-6-8-10-12-14-16-18-20-22-24-26-28-29-30-32-33-35-37-39-41-43-45-47-49-51-57(61)56(55-66-67(63,64)65-54-53-60(3,4)5)59-58(62)52-50-48-46-44-42-40-38-36-34-31-27-25-23-21-19-17-15-13-11-9-7-2/h9,11,15,17,21,23,27,31,36,38,42,44,56-57,61H,6-8,10,12-14,16,18-20,22,24-26,28-30,32-35,37,39-41,43,45-55H2,1-5H3,(H-,59,62,63,64)/b11-9-,17-15-,23-21-,31-27-,38-36-,44-42-. The fraction of sp³-hybridized carbons (Fsp3) is 0.776. The van der Waals surface area contributed by atoms with Gasteiger partial charge in [0.25, 0.3) is 7.82 Å². The third-order valence-corrected chi connectivity index (χ3v) is 13.2. The number of carbonyl (C=O) groups is 1. The molecule has 0 saturated carbocycles. The van der Waals surface area contributed by atoms with Gasteiger partial charge in [-0.2, -0.15) is 0 Å². The van der Waals surface area contributed by atoms with Crippen molar-refractivity contribution in [3.8, 4) is 0 Å². The Morgan fingerprint density at radius 1 is 0.537 bits per heavy atom. The second kappa shape index (κ2) is 48.9. The average Bonchev–Trinajstić information content (AvgIpc) is 3.29. The van der Waals surface area contributed by atoms with Crippen LogP contribution in [0.15, 0.2) is 72.9 Å². The summed E-state index contributed by atoms with van der Waals surface area (Å²) in [5.41, 5.74) is 0. The van der Waals surface area contributed by atoms with Crippen LogP contribution in [0.5, 0.6) is 0 Å². The molecule has 0 radical (unpaired) electrons. The van der Waals surface area contributed by atoms with Gasteiger partial charge in [-0.05, 0) is 64.2 Å². The number of carbonyl (C=O) groups excluding carboxylic acids is 1. The van der Waals surface area contributed by atoms with E-state index in [0.717, 1.165) is 70.6 Å². The van der Waals surface area contributed by atoms with Gasteiger partial charge in [-0.15, -0.1) is 0 Å². The van der Waals surface area contributed by atoms with E-state index in [0.29, 0.717) is 30.3 Å². The Bertz CT molecular complexity index is 1320. The van der Waals surface area contributed by atoms with E-state index in [9.17, 15) is 19.4 Å². The first-order valence-electron chi connectivity index (χ1n) is 27.8. The molecule has 67 heavy (non-hydrogen) atoms. The number of allylic oxidation sites excluding steroid dienone is 12. The quantitative estimate of drug-likeness (QED) is 0.0272. The highest BCUT2D eigenvalue weighted by atomic mass is 31.2. The highest BCUT2D eigenvalue weighted by molar-refractivity contribution is 7.45. The van der Waals surface area contributed by atoms with Crippen molar-refractivity contribution in [3.05, 3.63) is 72.9 Å². The first-order chi connectivity index (χ1) is 32.5. The smallest absolute Gasteiger partial charge is 0.268 e. The largest absolute Gasteiger partial charge is 0.756 e. The molecule has 0 bridgehead atoms. The number of aliphatic hydroxyl groups excluding tert-OH is 1. The van der Waals surface area contributed by atoms with E-state index in [2.05, 4.69) is 92.1 Å². The summed E-state index contributed by atoms with van der Waals surface area (Å²) in [6, 6.07) is -0.829. The van der Waals surface area contributed by atoms with E-state index in [-0.39, 0.29) is 19.1 Å². The molecule has 2 N–H and O–H groups in total. The molecule has 0 aliphatic heterocycles. The Hall–Kier alpha value is -2.06. The van der Waals surface area contributed by atoms with Crippen molar-refractivity contribution in [1.82, 2.24) is 5.32 Å². The van der Waals surface area contributed by atoms with Crippen LogP contribution in [0.4, 0.5) is 0 Å². The minimum Gasteiger partial charge on any atom is -0.756 e. The second-order valence-electron chi connectivity index (χ2n) is 19.9. The molecular formula is C58H107N2O6P. The molecule has 0 heterocycles. The molecule has 0 spiro atoms. The van der Waals surface area contributed by atoms with Gasteiger partial charge in [0.05, 0.1) is 39.9 Å². The summed E-state index contributed by atoms with van der Waals surface area (Å²) < 4.78 is 23.4. The lowest BCUT2D eigenvalue weighted by atomic mass is 10.0. The normalized spacial score (nSPS) is 14.6. The third kappa shape index (κ3) is 51.6. The first-order valence-corrected chi connectivity index (χ1v) is 29.2. The summed E-state index contributed by atoms with van der Waals surface area (Å²) >= 11 is 0. The van der Waals surface area contributed by atoms with Crippen LogP contribution < -0.4 is 10.2 Å². The molecule has 0 aliphatic rings. The van der Waals surface area contributed by atoms with Gasteiger partial charge >= 0.3 is 0 Å². The van der Waals surface area contributed by atoms with E-state index in [1.807, 2.05) is 21.1 Å². The van der Waals surface area contributed by atoms with Gasteiger partial charge in [0.1, 0.15) is 13.2 Å². The number of phosphoric acid groups is 1. The molecule has 8 nitrogen and oxygen atoms in total. The number of rotatable bonds is 50. The first kappa shape index (κ1) is 64.9. The molecule has 0 saturated heterocycles. The van der Waals surface area contributed by atoms with Crippen LogP contribution in [0, 0.1) is 0 Å². The number of phosphoric ester groups is 1. The van der Waals surface area contributed by atoms with Crippen LogP contribution in [-0.2, 0) is 18.4 Å². The summed E-state index contributed by atoms with van der Waals surface area (Å²) in [7, 11) is 1.27. The van der Waals surface area contributed by atoms with Crippen molar-refractivity contribution in [1.29, 1.82) is 0 Å². The van der Waals surface area contributed by atoms with E-state index in [1.54, 1.807) is 0 Å². The molecule has 9 heteroatoms. The fourth-order valence-corrected chi connectivity index (χ4v) is 8.59. The number of aliphatic hydroxyl groups is 1. The molecule has 3 atom stereocenters. The van der Waals surface area contributed by atoms with Gasteiger partial charge in [-0.1, -0.05) is 241 Å². The summed E-state index contributed by atoms with van der Waals surface area (Å²) in [5.74, 6) is -0.207. The van der Waals surface area contributed by atoms with Gasteiger partial charge in [0, 0.05) is 6.42 Å². The Morgan fingerprint density at radius 2 is 0.910 bits per heavy atom. The van der Waals surface area contributed by atoms with Gasteiger partial charge in [0.15, 0.2) is 0 Å². The lowest BCUT2D eigenvalue weighted by Crippen LogP contribution is -2.46. The van der Waals surface area contributed by atoms with Crippen LogP contribution in [0.3, 0.4) is 0 Å². The van der Waals surface area contributed by atoms with E-state index in [4.69, 9.17) is 9.05 Å². The van der Waals surface area contributed by atoms with Crippen LogP contribution in [-0.4, -0.2) is 68.5 Å². The predicted octanol–water partition coefficient (Wildman–Crippen LogP) is 16.1. The molecule has 0 aliphatic carbocycles. The summed E-state index contributed by atoms with van der Waals surface area (Å²) in [6.07, 6.45) is 66.5. The lowest BCUT2D eigenvalue weighted by molar-refractivity contribution is -0.870. The van der Waals surface area contributed by atoms with Crippen molar-refractivity contribution in [3.63, 3.8) is 0 Å². The van der Waals surface area contributed by atoms with Crippen molar-refractivity contribution in [2.24, 2.45) is 0 Å². The van der Waals surface area contributed by atoms with E-state index >= 15 is 0 Å². The molecule has 390 valence electrons. The molecule has 0 fully saturated rings. The van der Waals surface area contributed by atoms with E-state index in [1.165, 1.54) is 135 Å². The maximum Gasteiger partial charge on any atom is 0.268 e. The maximum absolute atomic E-state index is 12.9. The second-order valence-corrected chi connectivity index (χ2v) is 21.3. The zero-order valence-corrected chi connectivity index (χ0v) is 45.2. The Morgan fingerprint density at radius 3 is 1.30 bits per heavy atom. The number of unbranched alkanes of at least 4 members (excludes halogenated alkanes) is 25.